The second kappa shape index (κ2) is 6.88. The van der Waals surface area contributed by atoms with Gasteiger partial charge in [0.1, 0.15) is 5.76 Å². The van der Waals surface area contributed by atoms with Gasteiger partial charge < -0.3 is 15.2 Å². The maximum Gasteiger partial charge on any atom is 0.234 e. The van der Waals surface area contributed by atoms with E-state index in [4.69, 9.17) is 4.52 Å². The first-order chi connectivity index (χ1) is 9.61. The summed E-state index contributed by atoms with van der Waals surface area (Å²) < 4.78 is 5.20. The Hall–Kier alpha value is -1.36. The van der Waals surface area contributed by atoms with E-state index in [2.05, 4.69) is 22.7 Å². The van der Waals surface area contributed by atoms with Crippen molar-refractivity contribution in [2.75, 3.05) is 6.54 Å². The van der Waals surface area contributed by atoms with Crippen LogP contribution in [0.15, 0.2) is 4.52 Å². The maximum atomic E-state index is 11.9. The second-order valence-corrected chi connectivity index (χ2v) is 5.63. The maximum absolute atomic E-state index is 11.9. The number of hydrogen-bond donors (Lipinski definition) is 2. The standard InChI is InChI=1S/C15H25N3O2/c1-4-13(15-10(2)18-20-11(15)3)16-9-14(19)17-12-7-5-6-8-12/h12-13,16H,4-9H2,1-3H3,(H,17,19)/t13-/m1/s1. The van der Waals surface area contributed by atoms with Crippen LogP contribution in [0.25, 0.3) is 0 Å². The van der Waals surface area contributed by atoms with E-state index < -0.39 is 0 Å². The van der Waals surface area contributed by atoms with Gasteiger partial charge in [0.15, 0.2) is 0 Å². The number of amides is 1. The molecule has 2 N–H and O–H groups in total. The molecule has 0 bridgehead atoms. The lowest BCUT2D eigenvalue weighted by atomic mass is 10.0. The molecule has 1 fully saturated rings. The van der Waals surface area contributed by atoms with Gasteiger partial charge in [-0.25, -0.2) is 0 Å². The van der Waals surface area contributed by atoms with E-state index in [1.54, 1.807) is 0 Å². The zero-order chi connectivity index (χ0) is 14.5. The van der Waals surface area contributed by atoms with Gasteiger partial charge in [0.25, 0.3) is 0 Å². The summed E-state index contributed by atoms with van der Waals surface area (Å²) in [6, 6.07) is 0.499. The molecule has 112 valence electrons. The molecule has 0 aromatic carbocycles. The van der Waals surface area contributed by atoms with Crippen LogP contribution in [0.1, 0.15) is 62.1 Å². The molecule has 0 unspecified atom stereocenters. The number of carbonyl (C=O) groups excluding carboxylic acids is 1. The Balaban J connectivity index is 1.86. The van der Waals surface area contributed by atoms with Crippen molar-refractivity contribution >= 4 is 5.91 Å². The van der Waals surface area contributed by atoms with Crippen molar-refractivity contribution in [3.05, 3.63) is 17.0 Å². The van der Waals surface area contributed by atoms with Crippen LogP contribution in [-0.2, 0) is 4.79 Å². The minimum Gasteiger partial charge on any atom is -0.361 e. The van der Waals surface area contributed by atoms with Gasteiger partial charge in [0.05, 0.1) is 12.2 Å². The van der Waals surface area contributed by atoms with Crippen molar-refractivity contribution in [1.82, 2.24) is 15.8 Å². The third kappa shape index (κ3) is 3.60. The van der Waals surface area contributed by atoms with Crippen LogP contribution in [-0.4, -0.2) is 23.7 Å². The predicted molar refractivity (Wildman–Crippen MR) is 77.4 cm³/mol. The van der Waals surface area contributed by atoms with E-state index in [-0.39, 0.29) is 11.9 Å². The average molecular weight is 279 g/mol. The average Bonchev–Trinajstić information content (AvgIpc) is 3.03. The Morgan fingerprint density at radius 2 is 2.10 bits per heavy atom. The van der Waals surface area contributed by atoms with Crippen LogP contribution in [0.2, 0.25) is 0 Å². The van der Waals surface area contributed by atoms with Crippen molar-refractivity contribution in [2.24, 2.45) is 0 Å². The lowest BCUT2D eigenvalue weighted by molar-refractivity contribution is -0.121. The molecule has 1 saturated carbocycles. The summed E-state index contributed by atoms with van der Waals surface area (Å²) in [7, 11) is 0. The van der Waals surface area contributed by atoms with E-state index in [1.807, 2.05) is 13.8 Å². The molecular weight excluding hydrogens is 254 g/mol. The van der Waals surface area contributed by atoms with E-state index in [9.17, 15) is 4.79 Å². The van der Waals surface area contributed by atoms with E-state index in [1.165, 1.54) is 12.8 Å². The second-order valence-electron chi connectivity index (χ2n) is 5.63. The fourth-order valence-corrected chi connectivity index (χ4v) is 3.00. The van der Waals surface area contributed by atoms with Crippen LogP contribution in [0.3, 0.4) is 0 Å². The van der Waals surface area contributed by atoms with Gasteiger partial charge >= 0.3 is 0 Å². The van der Waals surface area contributed by atoms with E-state index in [0.717, 1.165) is 36.3 Å². The van der Waals surface area contributed by atoms with E-state index >= 15 is 0 Å². The molecule has 1 aliphatic carbocycles. The summed E-state index contributed by atoms with van der Waals surface area (Å²) in [5, 5.41) is 10.4. The molecule has 0 aliphatic heterocycles. The topological polar surface area (TPSA) is 67.2 Å². The highest BCUT2D eigenvalue weighted by Gasteiger charge is 2.21. The minimum atomic E-state index is 0.0853. The summed E-state index contributed by atoms with van der Waals surface area (Å²) in [5.41, 5.74) is 1.99. The number of rotatable bonds is 6. The first-order valence-electron chi connectivity index (χ1n) is 7.57. The SMILES string of the molecule is CC[C@@H](NCC(=O)NC1CCCC1)c1c(C)noc1C. The molecule has 1 aliphatic rings. The van der Waals surface area contributed by atoms with Gasteiger partial charge in [0, 0.05) is 17.6 Å². The Morgan fingerprint density at radius 3 is 2.65 bits per heavy atom. The van der Waals surface area contributed by atoms with Crippen molar-refractivity contribution in [1.29, 1.82) is 0 Å². The lowest BCUT2D eigenvalue weighted by Gasteiger charge is -2.18. The Bertz CT molecular complexity index is 430. The highest BCUT2D eigenvalue weighted by Crippen LogP contribution is 2.23. The Morgan fingerprint density at radius 1 is 1.40 bits per heavy atom. The van der Waals surface area contributed by atoms with Gasteiger partial charge in [-0.2, -0.15) is 0 Å². The first-order valence-corrected chi connectivity index (χ1v) is 7.57. The number of nitrogens with zero attached hydrogens (tertiary/aromatic N) is 1. The highest BCUT2D eigenvalue weighted by atomic mass is 16.5. The number of carbonyl (C=O) groups is 1. The molecule has 5 heteroatoms. The molecule has 1 amide bonds. The molecule has 0 spiro atoms. The molecule has 5 nitrogen and oxygen atoms in total. The zero-order valence-electron chi connectivity index (χ0n) is 12.7. The van der Waals surface area contributed by atoms with Crippen molar-refractivity contribution in [3.8, 4) is 0 Å². The number of aryl methyl sites for hydroxylation is 2. The fraction of sp³-hybridized carbons (Fsp3) is 0.733. The zero-order valence-corrected chi connectivity index (χ0v) is 12.7. The molecule has 1 atom stereocenters. The summed E-state index contributed by atoms with van der Waals surface area (Å²) in [5.74, 6) is 0.917. The van der Waals surface area contributed by atoms with Gasteiger partial charge in [-0.05, 0) is 33.1 Å². The third-order valence-electron chi connectivity index (χ3n) is 4.07. The van der Waals surface area contributed by atoms with E-state index in [0.29, 0.717) is 12.6 Å². The van der Waals surface area contributed by atoms with Crippen molar-refractivity contribution in [2.45, 2.75) is 65.0 Å². The molecule has 1 aromatic heterocycles. The van der Waals surface area contributed by atoms with Crippen LogP contribution < -0.4 is 10.6 Å². The number of hydrogen-bond acceptors (Lipinski definition) is 4. The van der Waals surface area contributed by atoms with Crippen LogP contribution in [0.5, 0.6) is 0 Å². The van der Waals surface area contributed by atoms with Gasteiger partial charge in [-0.1, -0.05) is 24.9 Å². The first kappa shape index (κ1) is 15.0. The summed E-state index contributed by atoms with van der Waals surface area (Å²) in [4.78, 5) is 11.9. The van der Waals surface area contributed by atoms with Crippen LogP contribution in [0.4, 0.5) is 0 Å². The van der Waals surface area contributed by atoms with Crippen LogP contribution in [0, 0.1) is 13.8 Å². The number of aromatic nitrogens is 1. The molecule has 2 rings (SSSR count). The highest BCUT2D eigenvalue weighted by molar-refractivity contribution is 5.78. The Labute approximate surface area is 120 Å². The largest absolute Gasteiger partial charge is 0.361 e. The summed E-state index contributed by atoms with van der Waals surface area (Å²) in [6.45, 7) is 6.30. The van der Waals surface area contributed by atoms with Crippen LogP contribution >= 0.6 is 0 Å². The van der Waals surface area contributed by atoms with Gasteiger partial charge in [0.2, 0.25) is 5.91 Å². The molecule has 0 radical (unpaired) electrons. The molecule has 0 saturated heterocycles. The molecule has 1 aromatic rings. The predicted octanol–water partition coefficient (Wildman–Crippen LogP) is 2.39. The summed E-state index contributed by atoms with van der Waals surface area (Å²) in [6.07, 6.45) is 5.60. The minimum absolute atomic E-state index is 0.0853. The lowest BCUT2D eigenvalue weighted by Crippen LogP contribution is -2.40. The number of nitrogens with one attached hydrogen (secondary N) is 2. The summed E-state index contributed by atoms with van der Waals surface area (Å²) >= 11 is 0. The third-order valence-corrected chi connectivity index (χ3v) is 4.07. The molecular formula is C15H25N3O2. The quantitative estimate of drug-likeness (QED) is 0.839. The normalized spacial score (nSPS) is 17.4. The van der Waals surface area contributed by atoms with Crippen molar-refractivity contribution in [3.63, 3.8) is 0 Å². The smallest absolute Gasteiger partial charge is 0.234 e. The van der Waals surface area contributed by atoms with Gasteiger partial charge in [-0.3, -0.25) is 4.79 Å². The van der Waals surface area contributed by atoms with Crippen molar-refractivity contribution < 1.29 is 9.32 Å². The molecule has 20 heavy (non-hydrogen) atoms. The Kier molecular flexibility index (Phi) is 5.17. The molecule has 1 heterocycles. The monoisotopic (exact) mass is 279 g/mol. The van der Waals surface area contributed by atoms with Gasteiger partial charge in [-0.15, -0.1) is 0 Å². The fourth-order valence-electron chi connectivity index (χ4n) is 3.00.